The number of nitrogens with zero attached hydrogens (tertiary/aromatic N) is 7. The van der Waals surface area contributed by atoms with Crippen molar-refractivity contribution in [2.45, 2.75) is 110 Å². The molecule has 4 amide bonds. The Kier molecular flexibility index (Phi) is 19.2. The van der Waals surface area contributed by atoms with Gasteiger partial charge in [0.2, 0.25) is 23.6 Å². The summed E-state index contributed by atoms with van der Waals surface area (Å²) in [6.07, 6.45) is 5.77. The average molecular weight is 1060 g/mol. The maximum atomic E-state index is 15.7. The van der Waals surface area contributed by atoms with Crippen molar-refractivity contribution in [3.8, 4) is 0 Å². The van der Waals surface area contributed by atoms with Crippen molar-refractivity contribution in [3.63, 3.8) is 0 Å². The number of fused-ring (bicyclic) bond motifs is 1. The van der Waals surface area contributed by atoms with Crippen molar-refractivity contribution >= 4 is 41.0 Å². The molecule has 416 valence electrons. The number of aliphatic hydroxyl groups is 1. The quantitative estimate of drug-likeness (QED) is 0.0734. The second kappa shape index (κ2) is 25.8. The van der Waals surface area contributed by atoms with Crippen molar-refractivity contribution < 1.29 is 33.1 Å². The molecule has 5 aliphatic rings. The molecule has 2 aromatic carbocycles. The molecule has 19 heteroatoms. The number of halogens is 2. The van der Waals surface area contributed by atoms with E-state index < -0.39 is 35.2 Å². The van der Waals surface area contributed by atoms with Gasteiger partial charge in [-0.25, -0.2) is 18.7 Å². The molecule has 76 heavy (non-hydrogen) atoms. The molecule has 0 saturated carbocycles. The fraction of sp³-hybridized carbons (Fsp3) is 0.649. The number of amides is 4. The third-order valence-electron chi connectivity index (χ3n) is 16.5. The summed E-state index contributed by atoms with van der Waals surface area (Å²) in [5.74, 6) is 0.486. The molecular formula is C57H84F2N12O5. The first-order valence-corrected chi connectivity index (χ1v) is 28.0. The van der Waals surface area contributed by atoms with Crippen LogP contribution in [0.5, 0.6) is 0 Å². The van der Waals surface area contributed by atoms with Crippen LogP contribution in [0.4, 0.5) is 26.1 Å². The van der Waals surface area contributed by atoms with E-state index in [-0.39, 0.29) is 47.2 Å². The first-order chi connectivity index (χ1) is 36.4. The van der Waals surface area contributed by atoms with Crippen molar-refractivity contribution in [2.24, 2.45) is 29.1 Å². The summed E-state index contributed by atoms with van der Waals surface area (Å²) in [6.45, 7) is 20.9. The monoisotopic (exact) mass is 1050 g/mol. The molecule has 5 fully saturated rings. The molecule has 17 nitrogen and oxygen atoms in total. The van der Waals surface area contributed by atoms with Gasteiger partial charge in [0.15, 0.2) is 0 Å². The van der Waals surface area contributed by atoms with E-state index in [9.17, 15) is 24.3 Å². The van der Waals surface area contributed by atoms with Crippen LogP contribution in [0.1, 0.15) is 90.7 Å². The van der Waals surface area contributed by atoms with E-state index in [1.807, 2.05) is 57.2 Å². The van der Waals surface area contributed by atoms with Crippen LogP contribution >= 0.6 is 0 Å². The molecule has 3 aromatic rings. The molecule has 0 aliphatic carbocycles. The van der Waals surface area contributed by atoms with Gasteiger partial charge in [-0.1, -0.05) is 65.0 Å². The molecule has 1 aromatic heterocycles. The van der Waals surface area contributed by atoms with E-state index in [1.165, 1.54) is 18.5 Å². The Morgan fingerprint density at radius 1 is 0.803 bits per heavy atom. The fourth-order valence-electron chi connectivity index (χ4n) is 11.9. The minimum Gasteiger partial charge on any atom is -0.383 e. The molecule has 0 unspecified atom stereocenters. The Morgan fingerprint density at radius 2 is 1.50 bits per heavy atom. The number of piperazine rings is 1. The summed E-state index contributed by atoms with van der Waals surface area (Å²) in [4.78, 5) is 72.0. The second-order valence-electron chi connectivity index (χ2n) is 23.8. The number of likely N-dealkylation sites (tertiary alicyclic amines) is 3. The van der Waals surface area contributed by atoms with Crippen LogP contribution < -0.4 is 36.4 Å². The average Bonchev–Trinajstić information content (AvgIpc) is 3.96. The number of anilines is 3. The lowest BCUT2D eigenvalue weighted by atomic mass is 9.82. The Balaban J connectivity index is 0.685. The van der Waals surface area contributed by atoms with E-state index in [2.05, 4.69) is 70.0 Å². The number of aliphatic hydroxyl groups excluding tert-OH is 1. The summed E-state index contributed by atoms with van der Waals surface area (Å²) in [5.41, 5.74) is 1.20. The van der Waals surface area contributed by atoms with Crippen molar-refractivity contribution in [3.05, 3.63) is 77.6 Å². The Bertz CT molecular complexity index is 2420. The SMILES string of the molecule is CC(C)C[C@H](NC(=O)[C@@H](O)[C@H](C)Cc1ccccc1)C(=O)NCCN1C[C@@H]2CN(CCC(=O)NCCCNc3cc(N4CCC5(CC4)CN(c4cc(F)c(CN6CCC(C)(C)CC6)cc4F)CC(=O)N5)ncn3)C[C@@H]2C1. The molecule has 6 N–H and O–H groups in total. The highest BCUT2D eigenvalue weighted by Crippen LogP contribution is 2.35. The zero-order valence-corrected chi connectivity index (χ0v) is 45.6. The van der Waals surface area contributed by atoms with Gasteiger partial charge in [-0.15, -0.1) is 0 Å². The number of benzene rings is 2. The first kappa shape index (κ1) is 56.7. The van der Waals surface area contributed by atoms with E-state index in [4.69, 9.17) is 0 Å². The second-order valence-corrected chi connectivity index (χ2v) is 23.8. The predicted molar refractivity (Wildman–Crippen MR) is 292 cm³/mol. The van der Waals surface area contributed by atoms with Crippen LogP contribution in [-0.4, -0.2) is 169 Å². The minimum atomic E-state index is -1.22. The zero-order valence-electron chi connectivity index (χ0n) is 45.6. The van der Waals surface area contributed by atoms with Crippen LogP contribution in [0.3, 0.4) is 0 Å². The summed E-state index contributed by atoms with van der Waals surface area (Å²) in [6, 6.07) is 13.5. The normalized spacial score (nSPS) is 22.0. The van der Waals surface area contributed by atoms with Gasteiger partial charge < -0.3 is 51.3 Å². The molecular weight excluding hydrogens is 971 g/mol. The molecule has 0 bridgehead atoms. The van der Waals surface area contributed by atoms with Crippen molar-refractivity contribution in [1.29, 1.82) is 0 Å². The highest BCUT2D eigenvalue weighted by atomic mass is 19.1. The van der Waals surface area contributed by atoms with Crippen LogP contribution in [0.15, 0.2) is 54.9 Å². The summed E-state index contributed by atoms with van der Waals surface area (Å²) in [5, 5.41) is 26.3. The lowest BCUT2D eigenvalue weighted by molar-refractivity contribution is -0.136. The molecule has 5 atom stereocenters. The Morgan fingerprint density at radius 3 is 2.20 bits per heavy atom. The van der Waals surface area contributed by atoms with Crippen molar-refractivity contribution in [2.75, 3.05) is 113 Å². The first-order valence-electron chi connectivity index (χ1n) is 28.0. The highest BCUT2D eigenvalue weighted by Gasteiger charge is 2.43. The number of nitrogens with one attached hydrogen (secondary N) is 5. The minimum absolute atomic E-state index is 0.0316. The van der Waals surface area contributed by atoms with Gasteiger partial charge in [0.1, 0.15) is 41.7 Å². The maximum Gasteiger partial charge on any atom is 0.249 e. The summed E-state index contributed by atoms with van der Waals surface area (Å²) >= 11 is 0. The molecule has 6 heterocycles. The standard InChI is InChI=1S/C57H84F2N12O5/c1-39(2)26-47(65-55(76)53(74)40(3)27-41-10-7-6-8-11-41)54(75)62-19-25-69-34-43-32-68(33-44(43)35-69)20-12-51(72)61-18-9-17-60-49-30-50(64-38-63-49)70-23-15-57(16-24-70)37-71(36-52(73)66-57)48-29-45(58)42(28-46(48)59)31-67-21-13-56(4,5)14-22-67/h6-8,10-11,28-30,38-40,43-44,47,53,74H,9,12-27,31-37H2,1-5H3,(H,61,72)(H,62,75)(H,65,76)(H,66,73)(H,60,63,64)/t40-,43-,44+,47+,53+/m1/s1. The number of carbonyl (C=O) groups is 4. The van der Waals surface area contributed by atoms with Gasteiger partial charge in [-0.05, 0) is 98.8 Å². The zero-order chi connectivity index (χ0) is 54.0. The van der Waals surface area contributed by atoms with Gasteiger partial charge in [-0.3, -0.25) is 24.1 Å². The number of piperidine rings is 2. The van der Waals surface area contributed by atoms with E-state index >= 15 is 8.78 Å². The van der Waals surface area contributed by atoms with Gasteiger partial charge in [-0.2, -0.15) is 0 Å². The molecule has 0 radical (unpaired) electrons. The van der Waals surface area contributed by atoms with Crippen LogP contribution in [0, 0.1) is 40.7 Å². The smallest absolute Gasteiger partial charge is 0.249 e. The fourth-order valence-corrected chi connectivity index (χ4v) is 11.9. The number of hydrogen-bond donors (Lipinski definition) is 6. The van der Waals surface area contributed by atoms with Gasteiger partial charge in [0, 0.05) is 109 Å². The van der Waals surface area contributed by atoms with E-state index in [0.29, 0.717) is 114 Å². The Hall–Kier alpha value is -5.50. The number of rotatable bonds is 23. The lowest BCUT2D eigenvalue weighted by Gasteiger charge is -2.48. The molecule has 5 saturated heterocycles. The van der Waals surface area contributed by atoms with Crippen molar-refractivity contribution in [1.82, 2.24) is 45.9 Å². The summed E-state index contributed by atoms with van der Waals surface area (Å²) < 4.78 is 31.2. The van der Waals surface area contributed by atoms with Crippen LogP contribution in [0.25, 0.3) is 0 Å². The van der Waals surface area contributed by atoms with E-state index in [0.717, 1.165) is 70.0 Å². The number of aromatic nitrogens is 2. The van der Waals surface area contributed by atoms with Crippen LogP contribution in [-0.2, 0) is 32.1 Å². The lowest BCUT2D eigenvalue weighted by Crippen LogP contribution is -2.66. The number of hydrogen-bond acceptors (Lipinski definition) is 13. The third-order valence-corrected chi connectivity index (χ3v) is 16.5. The Labute approximate surface area is 448 Å². The van der Waals surface area contributed by atoms with Gasteiger partial charge in [0.25, 0.3) is 0 Å². The highest BCUT2D eigenvalue weighted by molar-refractivity contribution is 5.89. The molecule has 8 rings (SSSR count). The summed E-state index contributed by atoms with van der Waals surface area (Å²) in [7, 11) is 0. The number of carbonyl (C=O) groups excluding carboxylic acids is 4. The topological polar surface area (TPSA) is 191 Å². The molecule has 1 spiro atoms. The largest absolute Gasteiger partial charge is 0.383 e. The van der Waals surface area contributed by atoms with Crippen LogP contribution in [0.2, 0.25) is 0 Å². The molecule has 5 aliphatic heterocycles. The maximum absolute atomic E-state index is 15.7. The third kappa shape index (κ3) is 15.6. The van der Waals surface area contributed by atoms with Gasteiger partial charge in [0.05, 0.1) is 17.8 Å². The van der Waals surface area contributed by atoms with Gasteiger partial charge >= 0.3 is 0 Å². The predicted octanol–water partition coefficient (Wildman–Crippen LogP) is 4.41. The van der Waals surface area contributed by atoms with E-state index in [1.54, 1.807) is 4.90 Å².